The zero-order valence-electron chi connectivity index (χ0n) is 9.40. The number of aliphatic carboxylic acids is 2. The van der Waals surface area contributed by atoms with E-state index in [2.05, 4.69) is 5.32 Å². The van der Waals surface area contributed by atoms with Gasteiger partial charge in [-0.1, -0.05) is 13.8 Å². The molecule has 0 aliphatic carbocycles. The van der Waals surface area contributed by atoms with Gasteiger partial charge >= 0.3 is 11.9 Å². The van der Waals surface area contributed by atoms with Gasteiger partial charge in [0.25, 0.3) is 0 Å². The first-order valence-corrected chi connectivity index (χ1v) is 5.07. The van der Waals surface area contributed by atoms with Crippen LogP contribution in [0.25, 0.3) is 0 Å². The second kappa shape index (κ2) is 6.81. The third kappa shape index (κ3) is 6.80. The summed E-state index contributed by atoms with van der Waals surface area (Å²) in [5, 5.41) is 19.3. The van der Waals surface area contributed by atoms with E-state index in [1.807, 2.05) is 13.8 Å². The zero-order chi connectivity index (χ0) is 12.7. The van der Waals surface area contributed by atoms with Crippen molar-refractivity contribution in [1.29, 1.82) is 0 Å². The molecule has 0 saturated carbocycles. The molecule has 0 aromatic rings. The largest absolute Gasteiger partial charge is 0.481 e. The minimum atomic E-state index is -1.35. The maximum atomic E-state index is 11.3. The van der Waals surface area contributed by atoms with Crippen molar-refractivity contribution in [2.75, 3.05) is 0 Å². The molecule has 0 aliphatic heterocycles. The molecule has 0 spiro atoms. The van der Waals surface area contributed by atoms with Crippen molar-refractivity contribution in [2.45, 2.75) is 39.2 Å². The Labute approximate surface area is 93.6 Å². The summed E-state index contributed by atoms with van der Waals surface area (Å²) < 4.78 is 0. The van der Waals surface area contributed by atoms with Gasteiger partial charge in [0.05, 0.1) is 6.42 Å². The van der Waals surface area contributed by atoms with Crippen LogP contribution in [-0.2, 0) is 14.4 Å². The fourth-order valence-electron chi connectivity index (χ4n) is 1.06. The number of amides is 1. The Morgan fingerprint density at radius 2 is 1.75 bits per heavy atom. The summed E-state index contributed by atoms with van der Waals surface area (Å²) in [5.74, 6) is -2.67. The highest BCUT2D eigenvalue weighted by atomic mass is 16.4. The molecule has 0 fully saturated rings. The lowest BCUT2D eigenvalue weighted by Gasteiger charge is -2.12. The summed E-state index contributed by atoms with van der Waals surface area (Å²) in [4.78, 5) is 32.3. The fourth-order valence-corrected chi connectivity index (χ4v) is 1.06. The molecule has 0 aromatic carbocycles. The average Bonchev–Trinajstić information content (AvgIpc) is 2.12. The second-order valence-corrected chi connectivity index (χ2v) is 3.99. The molecule has 1 unspecified atom stereocenters. The maximum absolute atomic E-state index is 11.3. The molecule has 1 atom stereocenters. The molecule has 0 heterocycles. The number of hydrogen-bond donors (Lipinski definition) is 3. The average molecular weight is 231 g/mol. The number of carbonyl (C=O) groups excluding carboxylic acids is 1. The van der Waals surface area contributed by atoms with Crippen LogP contribution >= 0.6 is 0 Å². The Kier molecular flexibility index (Phi) is 6.14. The smallest absolute Gasteiger partial charge is 0.326 e. The van der Waals surface area contributed by atoms with E-state index in [1.54, 1.807) is 0 Å². The van der Waals surface area contributed by atoms with Gasteiger partial charge < -0.3 is 15.5 Å². The maximum Gasteiger partial charge on any atom is 0.326 e. The number of nitrogens with one attached hydrogen (secondary N) is 1. The summed E-state index contributed by atoms with van der Waals surface area (Å²) in [6.07, 6.45) is 0.245. The summed E-state index contributed by atoms with van der Waals surface area (Å²) in [6, 6.07) is -1.35. The van der Waals surface area contributed by atoms with E-state index in [-0.39, 0.29) is 6.42 Å². The third-order valence-corrected chi connectivity index (χ3v) is 1.96. The summed E-state index contributed by atoms with van der Waals surface area (Å²) in [5.41, 5.74) is 0. The fraction of sp³-hybridized carbons (Fsp3) is 0.700. The Bertz CT molecular complexity index is 274. The Morgan fingerprint density at radius 3 is 2.12 bits per heavy atom. The number of carboxylic acids is 2. The third-order valence-electron chi connectivity index (χ3n) is 1.96. The number of rotatable bonds is 7. The van der Waals surface area contributed by atoms with Gasteiger partial charge in [-0.25, -0.2) is 4.79 Å². The second-order valence-electron chi connectivity index (χ2n) is 3.99. The first kappa shape index (κ1) is 14.4. The van der Waals surface area contributed by atoms with Crippen LogP contribution in [-0.4, -0.2) is 34.1 Å². The number of carboxylic acid groups (broad SMARTS) is 2. The highest BCUT2D eigenvalue weighted by molar-refractivity contribution is 5.86. The van der Waals surface area contributed by atoms with Crippen molar-refractivity contribution in [2.24, 2.45) is 5.92 Å². The van der Waals surface area contributed by atoms with Crippen molar-refractivity contribution in [3.8, 4) is 0 Å². The molecular formula is C10H17NO5. The molecule has 92 valence electrons. The molecule has 0 saturated heterocycles. The highest BCUT2D eigenvalue weighted by Crippen LogP contribution is 2.03. The highest BCUT2D eigenvalue weighted by Gasteiger charge is 2.22. The van der Waals surface area contributed by atoms with Gasteiger partial charge in [-0.3, -0.25) is 9.59 Å². The van der Waals surface area contributed by atoms with E-state index in [4.69, 9.17) is 10.2 Å². The SMILES string of the molecule is CC(C)CCC(=O)NC(CC(=O)O)C(=O)O. The van der Waals surface area contributed by atoms with Crippen molar-refractivity contribution in [1.82, 2.24) is 5.32 Å². The molecule has 0 bridgehead atoms. The molecule has 0 radical (unpaired) electrons. The van der Waals surface area contributed by atoms with Gasteiger partial charge in [0.1, 0.15) is 6.04 Å². The summed E-state index contributed by atoms with van der Waals surface area (Å²) in [7, 11) is 0. The number of carbonyl (C=O) groups is 3. The molecule has 6 nitrogen and oxygen atoms in total. The molecule has 6 heteroatoms. The van der Waals surface area contributed by atoms with Crippen LogP contribution in [0.2, 0.25) is 0 Å². The lowest BCUT2D eigenvalue weighted by atomic mass is 10.1. The van der Waals surface area contributed by atoms with Crippen LogP contribution in [0.15, 0.2) is 0 Å². The Balaban J connectivity index is 4.13. The normalized spacial score (nSPS) is 12.2. The van der Waals surface area contributed by atoms with Crippen molar-refractivity contribution >= 4 is 17.8 Å². The predicted octanol–water partition coefficient (Wildman–Crippen LogP) is 0.467. The first-order chi connectivity index (χ1) is 7.32. The molecule has 0 aliphatic rings. The predicted molar refractivity (Wildman–Crippen MR) is 55.9 cm³/mol. The van der Waals surface area contributed by atoms with Crippen LogP contribution in [0, 0.1) is 5.92 Å². The van der Waals surface area contributed by atoms with Gasteiger partial charge in [-0.15, -0.1) is 0 Å². The van der Waals surface area contributed by atoms with E-state index in [9.17, 15) is 14.4 Å². The van der Waals surface area contributed by atoms with Gasteiger partial charge in [0, 0.05) is 6.42 Å². The van der Waals surface area contributed by atoms with Crippen molar-refractivity contribution < 1.29 is 24.6 Å². The number of hydrogen-bond acceptors (Lipinski definition) is 3. The monoisotopic (exact) mass is 231 g/mol. The van der Waals surface area contributed by atoms with Crippen LogP contribution in [0.5, 0.6) is 0 Å². The summed E-state index contributed by atoms with van der Waals surface area (Å²) >= 11 is 0. The van der Waals surface area contributed by atoms with E-state index >= 15 is 0 Å². The van der Waals surface area contributed by atoms with E-state index in [0.29, 0.717) is 12.3 Å². The van der Waals surface area contributed by atoms with Gasteiger partial charge in [0.2, 0.25) is 5.91 Å². The van der Waals surface area contributed by atoms with Gasteiger partial charge in [-0.2, -0.15) is 0 Å². The van der Waals surface area contributed by atoms with Gasteiger partial charge in [0.15, 0.2) is 0 Å². The minimum Gasteiger partial charge on any atom is -0.481 e. The van der Waals surface area contributed by atoms with Crippen molar-refractivity contribution in [3.05, 3.63) is 0 Å². The topological polar surface area (TPSA) is 104 Å². The van der Waals surface area contributed by atoms with Crippen LogP contribution in [0.3, 0.4) is 0 Å². The molecule has 0 rings (SSSR count). The summed E-state index contributed by atoms with van der Waals surface area (Å²) in [6.45, 7) is 3.89. The molecular weight excluding hydrogens is 214 g/mol. The van der Waals surface area contributed by atoms with E-state index in [1.165, 1.54) is 0 Å². The van der Waals surface area contributed by atoms with E-state index < -0.39 is 30.3 Å². The standard InChI is InChI=1S/C10H17NO5/c1-6(2)3-4-8(12)11-7(10(15)16)5-9(13)14/h6-7H,3-5H2,1-2H3,(H,11,12)(H,13,14)(H,15,16). The quantitative estimate of drug-likeness (QED) is 0.590. The zero-order valence-corrected chi connectivity index (χ0v) is 9.40. The molecule has 1 amide bonds. The molecule has 16 heavy (non-hydrogen) atoms. The van der Waals surface area contributed by atoms with Crippen LogP contribution < -0.4 is 5.32 Å². The lowest BCUT2D eigenvalue weighted by molar-refractivity contribution is -0.147. The molecule has 3 N–H and O–H groups in total. The molecule has 0 aromatic heterocycles. The van der Waals surface area contributed by atoms with Crippen LogP contribution in [0.4, 0.5) is 0 Å². The minimum absolute atomic E-state index is 0.209. The van der Waals surface area contributed by atoms with Gasteiger partial charge in [-0.05, 0) is 12.3 Å². The first-order valence-electron chi connectivity index (χ1n) is 5.07. The van der Waals surface area contributed by atoms with E-state index in [0.717, 1.165) is 0 Å². The van der Waals surface area contributed by atoms with Crippen LogP contribution in [0.1, 0.15) is 33.1 Å². The lowest BCUT2D eigenvalue weighted by Crippen LogP contribution is -2.42. The van der Waals surface area contributed by atoms with Crippen molar-refractivity contribution in [3.63, 3.8) is 0 Å². The Morgan fingerprint density at radius 1 is 1.19 bits per heavy atom. The Hall–Kier alpha value is -1.59.